The van der Waals surface area contributed by atoms with E-state index in [-0.39, 0.29) is 35.8 Å². The molecule has 1 aliphatic carbocycles. The number of amides is 2. The van der Waals surface area contributed by atoms with E-state index in [9.17, 15) is 22.8 Å². The second kappa shape index (κ2) is 10.4. The zero-order valence-electron chi connectivity index (χ0n) is 22.0. The average molecular weight is 564 g/mol. The number of carbonyl (C=O) groups is 2. The zero-order valence-corrected chi connectivity index (χ0v) is 22.0. The summed E-state index contributed by atoms with van der Waals surface area (Å²) in [7, 11) is 0. The second-order valence-electron chi connectivity index (χ2n) is 10.8. The monoisotopic (exact) mass is 563 g/mol. The Labute approximate surface area is 226 Å². The Morgan fingerprint density at radius 1 is 1.20 bits per heavy atom. The first-order valence-electron chi connectivity index (χ1n) is 12.7. The molecule has 2 atom stereocenters. The molecule has 12 nitrogen and oxygen atoms in total. The Balaban J connectivity index is 1.31. The Bertz CT molecular complexity index is 1370. The van der Waals surface area contributed by atoms with Crippen LogP contribution < -0.4 is 10.1 Å². The molecular formula is C25H28F3N7O5. The van der Waals surface area contributed by atoms with Gasteiger partial charge in [0, 0.05) is 24.3 Å². The molecule has 1 aromatic carbocycles. The third-order valence-electron chi connectivity index (χ3n) is 6.38. The molecule has 214 valence electrons. The van der Waals surface area contributed by atoms with Gasteiger partial charge in [-0.05, 0) is 63.6 Å². The number of hydrogen-bond donors (Lipinski definition) is 1. The number of likely N-dealkylation sites (tertiary alicyclic amines) is 1. The first-order valence-corrected chi connectivity index (χ1v) is 12.7. The van der Waals surface area contributed by atoms with Crippen LogP contribution in [0.15, 0.2) is 35.1 Å². The highest BCUT2D eigenvalue weighted by molar-refractivity contribution is 5.91. The van der Waals surface area contributed by atoms with Gasteiger partial charge in [-0.25, -0.2) is 4.79 Å². The van der Waals surface area contributed by atoms with Crippen molar-refractivity contribution in [3.63, 3.8) is 0 Å². The molecule has 3 heterocycles. The van der Waals surface area contributed by atoms with E-state index in [1.807, 2.05) is 0 Å². The molecule has 0 spiro atoms. The minimum Gasteiger partial charge on any atom is -0.444 e. The fourth-order valence-electron chi connectivity index (χ4n) is 4.63. The Kier molecular flexibility index (Phi) is 7.14. The van der Waals surface area contributed by atoms with Gasteiger partial charge in [-0.2, -0.15) is 4.98 Å². The molecule has 1 saturated heterocycles. The number of rotatable bonds is 7. The molecule has 1 N–H and O–H groups in total. The lowest BCUT2D eigenvalue weighted by molar-refractivity contribution is -0.274. The number of aromatic nitrogens is 5. The van der Waals surface area contributed by atoms with Crippen LogP contribution in [0.2, 0.25) is 0 Å². The maximum atomic E-state index is 13.0. The molecule has 5 rings (SSSR count). The minimum absolute atomic E-state index is 0.0921. The first kappa shape index (κ1) is 27.4. The summed E-state index contributed by atoms with van der Waals surface area (Å²) >= 11 is 0. The molecule has 1 saturated carbocycles. The van der Waals surface area contributed by atoms with Gasteiger partial charge < -0.3 is 24.2 Å². The highest BCUT2D eigenvalue weighted by Crippen LogP contribution is 2.45. The summed E-state index contributed by atoms with van der Waals surface area (Å²) in [6.07, 6.45) is -0.0373. The maximum Gasteiger partial charge on any atom is 0.573 e. The lowest BCUT2D eigenvalue weighted by atomic mass is 10.0. The van der Waals surface area contributed by atoms with E-state index >= 15 is 0 Å². The topological polar surface area (TPSA) is 138 Å². The fraction of sp³-hybridized carbons (Fsp3) is 0.520. The van der Waals surface area contributed by atoms with Gasteiger partial charge in [0.05, 0.1) is 18.8 Å². The van der Waals surface area contributed by atoms with Crippen molar-refractivity contribution in [2.75, 3.05) is 6.54 Å². The largest absolute Gasteiger partial charge is 0.573 e. The van der Waals surface area contributed by atoms with E-state index in [0.29, 0.717) is 13.0 Å². The second-order valence-corrected chi connectivity index (χ2v) is 10.8. The van der Waals surface area contributed by atoms with Crippen LogP contribution in [-0.4, -0.2) is 72.6 Å². The van der Waals surface area contributed by atoms with Gasteiger partial charge in [-0.1, -0.05) is 16.4 Å². The van der Waals surface area contributed by atoms with Crippen molar-refractivity contribution < 1.29 is 36.8 Å². The molecule has 2 fully saturated rings. The third kappa shape index (κ3) is 6.69. The molecule has 0 radical (unpaired) electrons. The number of hydrogen-bond acceptors (Lipinski definition) is 9. The molecule has 40 heavy (non-hydrogen) atoms. The number of benzene rings is 1. The molecule has 1 aliphatic heterocycles. The van der Waals surface area contributed by atoms with Gasteiger partial charge in [0.1, 0.15) is 11.4 Å². The van der Waals surface area contributed by atoms with E-state index in [2.05, 4.69) is 30.5 Å². The van der Waals surface area contributed by atoms with Gasteiger partial charge in [0.2, 0.25) is 0 Å². The predicted octanol–water partition coefficient (Wildman–Crippen LogP) is 3.91. The summed E-state index contributed by atoms with van der Waals surface area (Å²) in [6, 6.07) is 3.17. The highest BCUT2D eigenvalue weighted by atomic mass is 19.4. The molecule has 2 amide bonds. The van der Waals surface area contributed by atoms with Crippen LogP contribution in [0.3, 0.4) is 0 Å². The van der Waals surface area contributed by atoms with Crippen molar-refractivity contribution in [2.24, 2.45) is 0 Å². The summed E-state index contributed by atoms with van der Waals surface area (Å²) in [5, 5.41) is 14.3. The smallest absolute Gasteiger partial charge is 0.444 e. The van der Waals surface area contributed by atoms with Crippen LogP contribution in [0, 0.1) is 0 Å². The number of ether oxygens (including phenoxy) is 2. The van der Waals surface area contributed by atoms with E-state index in [0.717, 1.165) is 18.4 Å². The van der Waals surface area contributed by atoms with Crippen molar-refractivity contribution in [1.82, 2.24) is 35.4 Å². The number of carbonyl (C=O) groups excluding carboxylic acids is 2. The number of alkyl halides is 3. The molecule has 15 heteroatoms. The minimum atomic E-state index is -4.86. The first-order chi connectivity index (χ1) is 18.8. The Hall–Kier alpha value is -4.17. The standard InChI is InChI=1S/C25H28F3N7O5/c1-24(2,3)39-23(37)35-12-15(10-16(35)13-34-9-8-29-33-34)30-21(36)20-31-22(40-32-20)19-11-17(38-25(26,27)28)6-7-18(19)14-4-5-14/h6-9,11,14-16H,4-5,10,12-13H2,1-3H3,(H,30,36). The van der Waals surface area contributed by atoms with E-state index in [4.69, 9.17) is 9.26 Å². The number of halogens is 3. The molecule has 3 aromatic rings. The number of nitrogens with one attached hydrogen (secondary N) is 1. The maximum absolute atomic E-state index is 13.0. The molecule has 0 bridgehead atoms. The van der Waals surface area contributed by atoms with Crippen LogP contribution in [-0.2, 0) is 11.3 Å². The van der Waals surface area contributed by atoms with Crippen molar-refractivity contribution in [1.29, 1.82) is 0 Å². The lowest BCUT2D eigenvalue weighted by Crippen LogP contribution is -2.43. The number of nitrogens with zero attached hydrogens (tertiary/aromatic N) is 6. The Morgan fingerprint density at radius 3 is 2.62 bits per heavy atom. The van der Waals surface area contributed by atoms with Crippen molar-refractivity contribution in [3.8, 4) is 17.2 Å². The molecule has 2 unspecified atom stereocenters. The van der Waals surface area contributed by atoms with Gasteiger partial charge >= 0.3 is 12.5 Å². The van der Waals surface area contributed by atoms with Crippen LogP contribution in [0.5, 0.6) is 5.75 Å². The van der Waals surface area contributed by atoms with Gasteiger partial charge in [0.15, 0.2) is 0 Å². The van der Waals surface area contributed by atoms with Gasteiger partial charge in [-0.15, -0.1) is 18.3 Å². The fourth-order valence-corrected chi connectivity index (χ4v) is 4.63. The summed E-state index contributed by atoms with van der Waals surface area (Å²) in [5.41, 5.74) is 0.310. The Morgan fingerprint density at radius 2 is 1.98 bits per heavy atom. The van der Waals surface area contributed by atoms with Crippen LogP contribution in [0.4, 0.5) is 18.0 Å². The van der Waals surface area contributed by atoms with Gasteiger partial charge in [-0.3, -0.25) is 9.48 Å². The van der Waals surface area contributed by atoms with Gasteiger partial charge in [0.25, 0.3) is 17.6 Å². The summed E-state index contributed by atoms with van der Waals surface area (Å²) < 4.78 is 54.8. The van der Waals surface area contributed by atoms with Crippen molar-refractivity contribution in [2.45, 2.75) is 76.5 Å². The van der Waals surface area contributed by atoms with Crippen LogP contribution in [0.1, 0.15) is 62.1 Å². The van der Waals surface area contributed by atoms with E-state index in [1.54, 1.807) is 31.6 Å². The summed E-state index contributed by atoms with van der Waals surface area (Å²) in [6.45, 7) is 5.81. The lowest BCUT2D eigenvalue weighted by Gasteiger charge is -2.28. The summed E-state index contributed by atoms with van der Waals surface area (Å²) in [4.78, 5) is 31.6. The third-order valence-corrected chi connectivity index (χ3v) is 6.38. The summed E-state index contributed by atoms with van der Waals surface area (Å²) in [5.74, 6) is -1.31. The SMILES string of the molecule is CC(C)(C)OC(=O)N1CC(NC(=O)c2noc(-c3cc(OC(F)(F)F)ccc3C3CC3)n2)CC1Cn1ccnn1. The highest BCUT2D eigenvalue weighted by Gasteiger charge is 2.39. The predicted molar refractivity (Wildman–Crippen MR) is 131 cm³/mol. The molecular weight excluding hydrogens is 535 g/mol. The molecule has 2 aromatic heterocycles. The average Bonchev–Trinajstić information content (AvgIpc) is 3.21. The van der Waals surface area contributed by atoms with Crippen molar-refractivity contribution >= 4 is 12.0 Å². The van der Waals surface area contributed by atoms with Crippen LogP contribution >= 0.6 is 0 Å². The van der Waals surface area contributed by atoms with E-state index < -0.39 is 35.8 Å². The zero-order chi connectivity index (χ0) is 28.7. The van der Waals surface area contributed by atoms with Crippen LogP contribution in [0.25, 0.3) is 11.5 Å². The molecule has 2 aliphatic rings. The van der Waals surface area contributed by atoms with Crippen molar-refractivity contribution in [3.05, 3.63) is 42.0 Å². The quantitative estimate of drug-likeness (QED) is 0.453. The van der Waals surface area contributed by atoms with E-state index in [1.165, 1.54) is 29.3 Å². The normalized spacial score (nSPS) is 19.5.